The molecule has 9 heteroatoms. The van der Waals surface area contributed by atoms with Gasteiger partial charge in [0.1, 0.15) is 13.2 Å². The number of carbonyl (C=O) groups is 3. The van der Waals surface area contributed by atoms with Crippen LogP contribution in [0.4, 0.5) is 0 Å². The highest BCUT2D eigenvalue weighted by Crippen LogP contribution is 2.18. The normalized spacial score (nSPS) is 13.1. The van der Waals surface area contributed by atoms with E-state index in [1.807, 2.05) is 21.1 Å². The number of carboxylic acids is 1. The molecule has 0 amide bonds. The number of carboxylic acid groups (broad SMARTS) is 1. The second-order valence-electron chi connectivity index (χ2n) is 25.5. The zero-order valence-corrected chi connectivity index (χ0v) is 56.5. The monoisotopic (exact) mass is 1190 g/mol. The molecule has 85 heavy (non-hydrogen) atoms. The van der Waals surface area contributed by atoms with Crippen LogP contribution in [0.5, 0.6) is 0 Å². The van der Waals surface area contributed by atoms with Gasteiger partial charge in [-0.3, -0.25) is 9.59 Å². The summed E-state index contributed by atoms with van der Waals surface area (Å²) < 4.78 is 23.0. The Morgan fingerprint density at radius 1 is 0.365 bits per heavy atom. The van der Waals surface area contributed by atoms with Gasteiger partial charge in [0.15, 0.2) is 6.10 Å². The lowest BCUT2D eigenvalue weighted by Crippen LogP contribution is -2.40. The summed E-state index contributed by atoms with van der Waals surface area (Å²) in [5.74, 6) is -2.00. The van der Waals surface area contributed by atoms with Crippen LogP contribution in [0.25, 0.3) is 0 Å². The van der Waals surface area contributed by atoms with Crippen molar-refractivity contribution in [2.75, 3.05) is 47.5 Å². The number of hydrogen-bond acceptors (Lipinski definition) is 7. The number of ether oxygens (including phenoxy) is 4. The fourth-order valence-electron chi connectivity index (χ4n) is 10.5. The van der Waals surface area contributed by atoms with Crippen molar-refractivity contribution in [2.24, 2.45) is 0 Å². The third-order valence-electron chi connectivity index (χ3n) is 15.9. The van der Waals surface area contributed by atoms with Crippen molar-refractivity contribution in [3.63, 3.8) is 0 Å². The van der Waals surface area contributed by atoms with Crippen LogP contribution in [0, 0.1) is 0 Å². The van der Waals surface area contributed by atoms with Crippen LogP contribution in [0.1, 0.15) is 335 Å². The first-order chi connectivity index (χ1) is 41.6. The molecule has 0 spiro atoms. The highest BCUT2D eigenvalue weighted by Gasteiger charge is 2.25. The molecule has 0 aromatic carbocycles. The molecular weight excluding hydrogens is 1050 g/mol. The second kappa shape index (κ2) is 66.7. The maximum absolute atomic E-state index is 12.9. The van der Waals surface area contributed by atoms with Gasteiger partial charge >= 0.3 is 17.9 Å². The molecule has 2 unspecified atom stereocenters. The van der Waals surface area contributed by atoms with E-state index in [0.29, 0.717) is 23.9 Å². The number of likely N-dealkylation sites (N-methyl/N-ethyl adjacent to an activating group) is 1. The van der Waals surface area contributed by atoms with Gasteiger partial charge in [-0.15, -0.1) is 0 Å². The van der Waals surface area contributed by atoms with E-state index in [1.54, 1.807) is 0 Å². The molecule has 0 aliphatic rings. The van der Waals surface area contributed by atoms with E-state index in [1.165, 1.54) is 225 Å². The minimum absolute atomic E-state index is 0.184. The number of unbranched alkanes of at least 4 members (excludes halogenated alkanes) is 40. The molecule has 0 saturated carbocycles. The second-order valence-corrected chi connectivity index (χ2v) is 25.5. The number of esters is 2. The van der Waals surface area contributed by atoms with Gasteiger partial charge in [0.2, 0.25) is 0 Å². The Kier molecular flexibility index (Phi) is 64.1. The molecule has 494 valence electrons. The van der Waals surface area contributed by atoms with Crippen LogP contribution in [0.15, 0.2) is 72.9 Å². The summed E-state index contributed by atoms with van der Waals surface area (Å²) in [6.45, 7) is 4.78. The van der Waals surface area contributed by atoms with Gasteiger partial charge < -0.3 is 28.5 Å². The topological polar surface area (TPSA) is 108 Å². The average molecular weight is 1190 g/mol. The van der Waals surface area contributed by atoms with Crippen molar-refractivity contribution in [1.29, 1.82) is 0 Å². The zero-order valence-electron chi connectivity index (χ0n) is 56.5. The molecule has 0 bridgehead atoms. The average Bonchev–Trinajstić information content (AvgIpc) is 3.48. The molecular formula is C76H138NO8+. The summed E-state index contributed by atoms with van der Waals surface area (Å²) in [6.07, 6.45) is 86.1. The van der Waals surface area contributed by atoms with Crippen LogP contribution in [-0.4, -0.2) is 87.4 Å². The fraction of sp³-hybridized carbons (Fsp3) is 0.803. The Morgan fingerprint density at radius 2 is 0.671 bits per heavy atom. The highest BCUT2D eigenvalue weighted by atomic mass is 16.7. The van der Waals surface area contributed by atoms with E-state index in [-0.39, 0.29) is 32.2 Å². The lowest BCUT2D eigenvalue weighted by molar-refractivity contribution is -0.870. The summed E-state index contributed by atoms with van der Waals surface area (Å²) in [5, 5.41) is 9.74. The molecule has 2 atom stereocenters. The molecule has 0 heterocycles. The van der Waals surface area contributed by atoms with Crippen molar-refractivity contribution in [3.8, 4) is 0 Å². The smallest absolute Gasteiger partial charge is 0.361 e. The largest absolute Gasteiger partial charge is 0.477 e. The van der Waals surface area contributed by atoms with Gasteiger partial charge in [-0.25, -0.2) is 4.79 Å². The van der Waals surface area contributed by atoms with Crippen LogP contribution >= 0.6 is 0 Å². The summed E-state index contributed by atoms with van der Waals surface area (Å²) in [5.41, 5.74) is 0. The number of rotatable bonds is 67. The number of nitrogens with zero attached hydrogens (tertiary/aromatic N) is 1. The van der Waals surface area contributed by atoms with Gasteiger partial charge in [0.25, 0.3) is 6.29 Å². The van der Waals surface area contributed by atoms with Gasteiger partial charge in [-0.1, -0.05) is 311 Å². The van der Waals surface area contributed by atoms with E-state index in [0.717, 1.165) is 77.0 Å². The van der Waals surface area contributed by atoms with E-state index in [2.05, 4.69) is 86.8 Å². The van der Waals surface area contributed by atoms with Crippen molar-refractivity contribution < 1.29 is 42.9 Å². The molecule has 0 aromatic heterocycles. The minimum atomic E-state index is -1.51. The van der Waals surface area contributed by atoms with Gasteiger partial charge in [-0.2, -0.15) is 0 Å². The Bertz CT molecular complexity index is 1620. The number of carbonyl (C=O) groups excluding carboxylic acids is 2. The standard InChI is InChI=1S/C76H137NO8/c1-6-8-10-12-14-16-18-20-22-24-26-28-29-30-31-32-33-34-35-36-37-38-39-40-41-42-43-44-45-47-48-50-52-54-56-58-60-62-64-66-73(78)83-70-72(71-84-76(75(80)81)82-69-68-77(3,4)5)85-74(79)67-65-63-61-59-57-55-53-51-49-46-27-25-23-21-19-17-15-13-11-9-7-2/h9,11,15,17-18,20-21,23-24,26-27,46,72,76H,6-8,10,12-14,16,19,22,25,28-45,47-71H2,1-5H3/p+1/b11-9-,17-15-,20-18-,23-21-,26-24-,46-27-. The molecule has 0 aliphatic carbocycles. The third kappa shape index (κ3) is 68.1. The number of allylic oxidation sites excluding steroid dienone is 12. The highest BCUT2D eigenvalue weighted by molar-refractivity contribution is 5.71. The van der Waals surface area contributed by atoms with Crippen molar-refractivity contribution in [1.82, 2.24) is 0 Å². The number of aliphatic carboxylic acids is 1. The van der Waals surface area contributed by atoms with E-state index in [9.17, 15) is 19.5 Å². The zero-order chi connectivity index (χ0) is 61.9. The van der Waals surface area contributed by atoms with Crippen LogP contribution < -0.4 is 0 Å². The molecule has 0 aliphatic heterocycles. The molecule has 9 nitrogen and oxygen atoms in total. The van der Waals surface area contributed by atoms with Crippen molar-refractivity contribution >= 4 is 17.9 Å². The molecule has 0 fully saturated rings. The number of hydrogen-bond donors (Lipinski definition) is 1. The van der Waals surface area contributed by atoms with E-state index >= 15 is 0 Å². The lowest BCUT2D eigenvalue weighted by Gasteiger charge is -2.25. The van der Waals surface area contributed by atoms with Crippen molar-refractivity contribution in [3.05, 3.63) is 72.9 Å². The fourth-order valence-corrected chi connectivity index (χ4v) is 10.5. The Balaban J connectivity index is 3.97. The first-order valence-corrected chi connectivity index (χ1v) is 36.1. The molecule has 0 saturated heterocycles. The molecule has 1 N–H and O–H groups in total. The summed E-state index contributed by atoms with van der Waals surface area (Å²) in [4.78, 5) is 37.6. The van der Waals surface area contributed by atoms with Gasteiger partial charge in [0, 0.05) is 12.8 Å². The predicted molar refractivity (Wildman–Crippen MR) is 364 cm³/mol. The molecule has 0 rings (SSSR count). The Morgan fingerprint density at radius 3 is 1.00 bits per heavy atom. The van der Waals surface area contributed by atoms with E-state index in [4.69, 9.17) is 18.9 Å². The molecule has 0 radical (unpaired) electrons. The van der Waals surface area contributed by atoms with Crippen LogP contribution in [0.2, 0.25) is 0 Å². The van der Waals surface area contributed by atoms with Gasteiger partial charge in [0.05, 0.1) is 34.4 Å². The summed E-state index contributed by atoms with van der Waals surface area (Å²) in [6, 6.07) is 0. The van der Waals surface area contributed by atoms with Crippen LogP contribution in [-0.2, 0) is 33.3 Å². The third-order valence-corrected chi connectivity index (χ3v) is 15.9. The first kappa shape index (κ1) is 81.7. The Labute approximate surface area is 526 Å². The minimum Gasteiger partial charge on any atom is -0.477 e. The first-order valence-electron chi connectivity index (χ1n) is 36.1. The van der Waals surface area contributed by atoms with Crippen LogP contribution in [0.3, 0.4) is 0 Å². The quantitative estimate of drug-likeness (QED) is 0.0211. The lowest BCUT2D eigenvalue weighted by atomic mass is 10.0. The Hall–Kier alpha value is -3.27. The maximum atomic E-state index is 12.9. The molecule has 0 aromatic rings. The summed E-state index contributed by atoms with van der Waals surface area (Å²) in [7, 11) is 5.98. The van der Waals surface area contributed by atoms with E-state index < -0.39 is 24.3 Å². The van der Waals surface area contributed by atoms with Crippen molar-refractivity contribution in [2.45, 2.75) is 347 Å². The predicted octanol–water partition coefficient (Wildman–Crippen LogP) is 22.5. The SMILES string of the molecule is CC/C=C\C/C=C\C/C=C\C/C=C\CCCCCCCCCCC(=O)OC(COC(=O)CCCCCCCCCCCCCCCCCCCCCCCCCCCCC/C=C\C/C=C\CCCCCCC)COC(OCC[N+](C)(C)C)C(=O)O. The number of quaternary nitrogens is 1. The summed E-state index contributed by atoms with van der Waals surface area (Å²) >= 11 is 0. The maximum Gasteiger partial charge on any atom is 0.361 e. The van der Waals surface area contributed by atoms with Gasteiger partial charge in [-0.05, 0) is 83.5 Å².